The summed E-state index contributed by atoms with van der Waals surface area (Å²) in [4.78, 5) is 0. The molecular formula is C19H31NO. The summed E-state index contributed by atoms with van der Waals surface area (Å²) in [5.74, 6) is 0.527. The van der Waals surface area contributed by atoms with Crippen LogP contribution in [0.4, 0.5) is 0 Å². The SMILES string of the molecule is Cc1cccc(C(CNC(C)(C)C)CC2CCC(C)O2)c1. The van der Waals surface area contributed by atoms with Crippen molar-refractivity contribution in [2.75, 3.05) is 6.54 Å². The lowest BCUT2D eigenvalue weighted by molar-refractivity contribution is 0.0462. The van der Waals surface area contributed by atoms with E-state index in [9.17, 15) is 0 Å². The van der Waals surface area contributed by atoms with Crippen LogP contribution in [-0.2, 0) is 4.74 Å². The molecule has 3 atom stereocenters. The Kier molecular flexibility index (Phi) is 5.45. The Morgan fingerprint density at radius 2 is 2.05 bits per heavy atom. The molecular weight excluding hydrogens is 258 g/mol. The van der Waals surface area contributed by atoms with Crippen LogP contribution in [0.2, 0.25) is 0 Å². The predicted molar refractivity (Wildman–Crippen MR) is 89.9 cm³/mol. The van der Waals surface area contributed by atoms with Crippen LogP contribution in [-0.4, -0.2) is 24.3 Å². The average Bonchev–Trinajstić information content (AvgIpc) is 2.79. The minimum absolute atomic E-state index is 0.159. The molecule has 1 aromatic rings. The molecule has 1 N–H and O–H groups in total. The van der Waals surface area contributed by atoms with Crippen LogP contribution in [0, 0.1) is 6.92 Å². The Morgan fingerprint density at radius 1 is 1.29 bits per heavy atom. The van der Waals surface area contributed by atoms with Crippen LogP contribution in [0.25, 0.3) is 0 Å². The number of hydrogen-bond acceptors (Lipinski definition) is 2. The molecule has 1 saturated heterocycles. The first-order valence-corrected chi connectivity index (χ1v) is 8.30. The van der Waals surface area contributed by atoms with Gasteiger partial charge in [-0.15, -0.1) is 0 Å². The number of hydrogen-bond donors (Lipinski definition) is 1. The second kappa shape index (κ2) is 6.93. The standard InChI is InChI=1S/C19H31NO/c1-14-7-6-8-16(11-14)17(13-20-19(3,4)5)12-18-10-9-15(2)21-18/h6-8,11,15,17-18,20H,9-10,12-13H2,1-5H3. The smallest absolute Gasteiger partial charge is 0.0586 e. The number of aryl methyl sites for hydroxylation is 1. The lowest BCUT2D eigenvalue weighted by Crippen LogP contribution is -2.39. The molecule has 21 heavy (non-hydrogen) atoms. The van der Waals surface area contributed by atoms with Gasteiger partial charge in [0, 0.05) is 12.1 Å². The van der Waals surface area contributed by atoms with Crippen LogP contribution >= 0.6 is 0 Å². The first kappa shape index (κ1) is 16.5. The number of benzene rings is 1. The van der Waals surface area contributed by atoms with Gasteiger partial charge < -0.3 is 10.1 Å². The Labute approximate surface area is 130 Å². The van der Waals surface area contributed by atoms with E-state index in [1.165, 1.54) is 24.0 Å². The van der Waals surface area contributed by atoms with Crippen molar-refractivity contribution in [2.24, 2.45) is 0 Å². The fourth-order valence-electron chi connectivity index (χ4n) is 3.07. The molecule has 0 radical (unpaired) electrons. The van der Waals surface area contributed by atoms with Crippen LogP contribution in [0.5, 0.6) is 0 Å². The Morgan fingerprint density at radius 3 is 2.62 bits per heavy atom. The molecule has 3 unspecified atom stereocenters. The molecule has 1 fully saturated rings. The van der Waals surface area contributed by atoms with Gasteiger partial charge in [-0.25, -0.2) is 0 Å². The van der Waals surface area contributed by atoms with Crippen molar-refractivity contribution in [1.29, 1.82) is 0 Å². The van der Waals surface area contributed by atoms with E-state index in [1.807, 2.05) is 0 Å². The van der Waals surface area contributed by atoms with Gasteiger partial charge in [0.1, 0.15) is 0 Å². The van der Waals surface area contributed by atoms with Crippen molar-refractivity contribution < 1.29 is 4.74 Å². The van der Waals surface area contributed by atoms with Crippen molar-refractivity contribution in [3.8, 4) is 0 Å². The molecule has 1 heterocycles. The number of nitrogens with one attached hydrogen (secondary N) is 1. The van der Waals surface area contributed by atoms with Crippen molar-refractivity contribution in [3.05, 3.63) is 35.4 Å². The lowest BCUT2D eigenvalue weighted by Gasteiger charge is -2.27. The van der Waals surface area contributed by atoms with E-state index in [2.05, 4.69) is 64.2 Å². The predicted octanol–water partition coefficient (Wildman–Crippen LogP) is 4.42. The maximum absolute atomic E-state index is 6.05. The number of ether oxygens (including phenoxy) is 1. The van der Waals surface area contributed by atoms with Gasteiger partial charge in [0.2, 0.25) is 0 Å². The Balaban J connectivity index is 2.06. The molecule has 1 aliphatic rings. The van der Waals surface area contributed by atoms with Crippen molar-refractivity contribution in [3.63, 3.8) is 0 Å². The summed E-state index contributed by atoms with van der Waals surface area (Å²) in [7, 11) is 0. The molecule has 2 nitrogen and oxygen atoms in total. The van der Waals surface area contributed by atoms with Gasteiger partial charge >= 0.3 is 0 Å². The van der Waals surface area contributed by atoms with E-state index in [-0.39, 0.29) is 5.54 Å². The summed E-state index contributed by atoms with van der Waals surface area (Å²) < 4.78 is 6.05. The van der Waals surface area contributed by atoms with Gasteiger partial charge in [0.25, 0.3) is 0 Å². The maximum atomic E-state index is 6.05. The fraction of sp³-hybridized carbons (Fsp3) is 0.684. The van der Waals surface area contributed by atoms with Crippen LogP contribution < -0.4 is 5.32 Å². The van der Waals surface area contributed by atoms with Gasteiger partial charge in [0.05, 0.1) is 12.2 Å². The molecule has 118 valence electrons. The summed E-state index contributed by atoms with van der Waals surface area (Å²) in [5.41, 5.74) is 2.94. The van der Waals surface area contributed by atoms with E-state index in [0.717, 1.165) is 13.0 Å². The first-order valence-electron chi connectivity index (χ1n) is 8.30. The molecule has 0 aromatic heterocycles. The summed E-state index contributed by atoms with van der Waals surface area (Å²) in [6.45, 7) is 12.1. The zero-order valence-corrected chi connectivity index (χ0v) is 14.3. The molecule has 1 aromatic carbocycles. The monoisotopic (exact) mass is 289 g/mol. The van der Waals surface area contributed by atoms with E-state index in [1.54, 1.807) is 0 Å². The molecule has 0 amide bonds. The average molecular weight is 289 g/mol. The summed E-state index contributed by atoms with van der Waals surface area (Å²) in [6, 6.07) is 8.94. The van der Waals surface area contributed by atoms with E-state index < -0.39 is 0 Å². The molecule has 2 rings (SSSR count). The molecule has 0 bridgehead atoms. The third-order valence-corrected chi connectivity index (χ3v) is 4.26. The highest BCUT2D eigenvalue weighted by atomic mass is 16.5. The van der Waals surface area contributed by atoms with Crippen molar-refractivity contribution in [2.45, 2.75) is 77.5 Å². The van der Waals surface area contributed by atoms with Gasteiger partial charge in [-0.2, -0.15) is 0 Å². The summed E-state index contributed by atoms with van der Waals surface area (Å²) >= 11 is 0. The normalized spacial score (nSPS) is 24.2. The van der Waals surface area contributed by atoms with Crippen LogP contribution in [0.15, 0.2) is 24.3 Å². The molecule has 0 spiro atoms. The quantitative estimate of drug-likeness (QED) is 0.866. The Hall–Kier alpha value is -0.860. The molecule has 0 saturated carbocycles. The third kappa shape index (κ3) is 5.44. The number of rotatable bonds is 5. The zero-order chi connectivity index (χ0) is 15.5. The second-order valence-electron chi connectivity index (χ2n) is 7.62. The first-order chi connectivity index (χ1) is 9.83. The van der Waals surface area contributed by atoms with E-state index in [4.69, 9.17) is 4.74 Å². The zero-order valence-electron chi connectivity index (χ0n) is 14.3. The van der Waals surface area contributed by atoms with E-state index >= 15 is 0 Å². The highest BCUT2D eigenvalue weighted by molar-refractivity contribution is 5.26. The van der Waals surface area contributed by atoms with Gasteiger partial charge in [-0.05, 0) is 65.4 Å². The summed E-state index contributed by atoms with van der Waals surface area (Å²) in [5, 5.41) is 3.67. The molecule has 0 aliphatic carbocycles. The summed E-state index contributed by atoms with van der Waals surface area (Å²) in [6.07, 6.45) is 4.39. The van der Waals surface area contributed by atoms with E-state index in [0.29, 0.717) is 18.1 Å². The maximum Gasteiger partial charge on any atom is 0.0586 e. The minimum atomic E-state index is 0.159. The van der Waals surface area contributed by atoms with Gasteiger partial charge in [-0.1, -0.05) is 29.8 Å². The van der Waals surface area contributed by atoms with Crippen LogP contribution in [0.3, 0.4) is 0 Å². The topological polar surface area (TPSA) is 21.3 Å². The van der Waals surface area contributed by atoms with Crippen LogP contribution in [0.1, 0.15) is 64.0 Å². The molecule has 2 heteroatoms. The minimum Gasteiger partial charge on any atom is -0.375 e. The van der Waals surface area contributed by atoms with Crippen molar-refractivity contribution >= 4 is 0 Å². The third-order valence-electron chi connectivity index (χ3n) is 4.26. The van der Waals surface area contributed by atoms with Gasteiger partial charge in [0.15, 0.2) is 0 Å². The highest BCUT2D eigenvalue weighted by Gasteiger charge is 2.26. The highest BCUT2D eigenvalue weighted by Crippen LogP contribution is 2.30. The van der Waals surface area contributed by atoms with Crippen molar-refractivity contribution in [1.82, 2.24) is 5.32 Å². The second-order valence-corrected chi connectivity index (χ2v) is 7.62. The van der Waals surface area contributed by atoms with Gasteiger partial charge in [-0.3, -0.25) is 0 Å². The molecule has 1 aliphatic heterocycles. The lowest BCUT2D eigenvalue weighted by atomic mass is 9.90. The Bertz CT molecular complexity index is 449. The fourth-order valence-corrected chi connectivity index (χ4v) is 3.07. The largest absolute Gasteiger partial charge is 0.375 e.